The highest BCUT2D eigenvalue weighted by atomic mass is 28.4. The van der Waals surface area contributed by atoms with Gasteiger partial charge in [0.1, 0.15) is 0 Å². The molecule has 0 fully saturated rings. The van der Waals surface area contributed by atoms with Gasteiger partial charge in [-0.05, 0) is 12.8 Å². The van der Waals surface area contributed by atoms with Gasteiger partial charge in [0.2, 0.25) is 0 Å². The molecule has 0 spiro atoms. The van der Waals surface area contributed by atoms with Gasteiger partial charge >= 0.3 is 14.8 Å². The van der Waals surface area contributed by atoms with Gasteiger partial charge in [0.05, 0.1) is 6.61 Å². The Hall–Kier alpha value is -0.433. The first-order valence-corrected chi connectivity index (χ1v) is 13.4. The smallest absolute Gasteiger partial charge is 0.466 e. The third kappa shape index (κ3) is 15.5. The molecule has 5 nitrogen and oxygen atoms in total. The maximum absolute atomic E-state index is 11.0. The molecule has 28 heavy (non-hydrogen) atoms. The summed E-state index contributed by atoms with van der Waals surface area (Å²) >= 11 is 0. The lowest BCUT2D eigenvalue weighted by Gasteiger charge is -2.24. The minimum atomic E-state index is -2.35. The molecule has 0 heterocycles. The average molecular weight is 419 g/mol. The van der Waals surface area contributed by atoms with Gasteiger partial charge in [-0.1, -0.05) is 84.0 Å². The SMILES string of the molecule is CCC(=O)OCCCCCCCCCCCCCCCC[Si](OC)(OC)OC. The number of ether oxygens (including phenoxy) is 1. The fraction of sp³-hybridized carbons (Fsp3) is 0.955. The maximum Gasteiger partial charge on any atom is 0.500 e. The average Bonchev–Trinajstić information content (AvgIpc) is 2.73. The predicted octanol–water partition coefficient (Wildman–Crippen LogP) is 6.28. The lowest BCUT2D eigenvalue weighted by molar-refractivity contribution is -0.143. The van der Waals surface area contributed by atoms with E-state index >= 15 is 0 Å². The summed E-state index contributed by atoms with van der Waals surface area (Å²) in [5.74, 6) is -0.0769. The van der Waals surface area contributed by atoms with Crippen molar-refractivity contribution in [2.24, 2.45) is 0 Å². The maximum atomic E-state index is 11.0. The summed E-state index contributed by atoms with van der Waals surface area (Å²) in [6.45, 7) is 2.43. The van der Waals surface area contributed by atoms with Crippen molar-refractivity contribution >= 4 is 14.8 Å². The number of hydrogen-bond acceptors (Lipinski definition) is 5. The minimum Gasteiger partial charge on any atom is -0.466 e. The van der Waals surface area contributed by atoms with Gasteiger partial charge in [0.25, 0.3) is 0 Å². The van der Waals surface area contributed by atoms with E-state index in [0.29, 0.717) is 13.0 Å². The van der Waals surface area contributed by atoms with Crippen molar-refractivity contribution in [2.45, 2.75) is 109 Å². The first-order valence-electron chi connectivity index (χ1n) is 11.4. The molecular weight excluding hydrogens is 372 g/mol. The fourth-order valence-electron chi connectivity index (χ4n) is 3.41. The first-order chi connectivity index (χ1) is 13.6. The molecule has 0 aliphatic carbocycles. The molecule has 0 aromatic carbocycles. The normalized spacial score (nSPS) is 11.7. The van der Waals surface area contributed by atoms with Crippen LogP contribution in [-0.2, 0) is 22.8 Å². The third-order valence-corrected chi connectivity index (χ3v) is 8.19. The van der Waals surface area contributed by atoms with E-state index in [9.17, 15) is 4.79 Å². The quantitative estimate of drug-likeness (QED) is 0.125. The van der Waals surface area contributed by atoms with E-state index in [1.807, 2.05) is 6.92 Å². The molecule has 0 aliphatic rings. The van der Waals surface area contributed by atoms with E-state index in [-0.39, 0.29) is 5.97 Å². The Bertz CT molecular complexity index is 340. The highest BCUT2D eigenvalue weighted by Crippen LogP contribution is 2.18. The van der Waals surface area contributed by atoms with Crippen LogP contribution in [0.3, 0.4) is 0 Å². The van der Waals surface area contributed by atoms with E-state index < -0.39 is 8.80 Å². The van der Waals surface area contributed by atoms with Crippen molar-refractivity contribution in [2.75, 3.05) is 27.9 Å². The van der Waals surface area contributed by atoms with Crippen LogP contribution in [0.25, 0.3) is 0 Å². The molecule has 0 aliphatic heterocycles. The summed E-state index contributed by atoms with van der Waals surface area (Å²) in [7, 11) is 2.71. The molecule has 0 radical (unpaired) electrons. The molecule has 0 saturated heterocycles. The van der Waals surface area contributed by atoms with Crippen LogP contribution >= 0.6 is 0 Å². The van der Waals surface area contributed by atoms with Crippen LogP contribution in [0, 0.1) is 0 Å². The number of unbranched alkanes of at least 4 members (excludes halogenated alkanes) is 13. The highest BCUT2D eigenvalue weighted by Gasteiger charge is 2.36. The molecule has 0 rings (SSSR count). The molecule has 0 bridgehead atoms. The lowest BCUT2D eigenvalue weighted by Crippen LogP contribution is -2.42. The number of carbonyl (C=O) groups excluding carboxylic acids is 1. The van der Waals surface area contributed by atoms with Crippen LogP contribution in [0.5, 0.6) is 0 Å². The molecule has 168 valence electrons. The number of hydrogen-bond donors (Lipinski definition) is 0. The Balaban J connectivity index is 3.23. The zero-order valence-corrected chi connectivity index (χ0v) is 20.1. The van der Waals surface area contributed by atoms with Gasteiger partial charge in [-0.15, -0.1) is 0 Å². The van der Waals surface area contributed by atoms with Crippen molar-refractivity contribution in [3.8, 4) is 0 Å². The van der Waals surface area contributed by atoms with Crippen LogP contribution in [-0.4, -0.2) is 42.7 Å². The lowest BCUT2D eigenvalue weighted by atomic mass is 10.0. The van der Waals surface area contributed by atoms with Gasteiger partial charge in [-0.25, -0.2) is 0 Å². The van der Waals surface area contributed by atoms with Crippen LogP contribution in [0.1, 0.15) is 103 Å². The predicted molar refractivity (Wildman–Crippen MR) is 117 cm³/mol. The van der Waals surface area contributed by atoms with Crippen molar-refractivity contribution in [3.05, 3.63) is 0 Å². The zero-order valence-electron chi connectivity index (χ0n) is 19.1. The molecule has 0 saturated carbocycles. The summed E-state index contributed by atoms with van der Waals surface area (Å²) < 4.78 is 21.4. The Labute approximate surface area is 175 Å². The summed E-state index contributed by atoms with van der Waals surface area (Å²) in [6.07, 6.45) is 18.5. The second-order valence-corrected chi connectivity index (χ2v) is 10.7. The Morgan fingerprint density at radius 3 is 1.32 bits per heavy atom. The summed E-state index contributed by atoms with van der Waals surface area (Å²) in [6, 6.07) is 0.917. The van der Waals surface area contributed by atoms with Crippen molar-refractivity contribution in [1.29, 1.82) is 0 Å². The highest BCUT2D eigenvalue weighted by molar-refractivity contribution is 6.60. The summed E-state index contributed by atoms with van der Waals surface area (Å²) in [5.41, 5.74) is 0. The van der Waals surface area contributed by atoms with Gasteiger partial charge in [0, 0.05) is 33.8 Å². The van der Waals surface area contributed by atoms with Crippen molar-refractivity contribution in [3.63, 3.8) is 0 Å². The van der Waals surface area contributed by atoms with Crippen LogP contribution in [0.2, 0.25) is 6.04 Å². The van der Waals surface area contributed by atoms with E-state index in [0.717, 1.165) is 18.9 Å². The Morgan fingerprint density at radius 1 is 0.607 bits per heavy atom. The molecule has 0 unspecified atom stereocenters. The monoisotopic (exact) mass is 418 g/mol. The largest absolute Gasteiger partial charge is 0.500 e. The Morgan fingerprint density at radius 2 is 0.964 bits per heavy atom. The van der Waals surface area contributed by atoms with Crippen LogP contribution in [0.15, 0.2) is 0 Å². The molecule has 0 aromatic heterocycles. The van der Waals surface area contributed by atoms with Crippen LogP contribution < -0.4 is 0 Å². The van der Waals surface area contributed by atoms with Crippen molar-refractivity contribution in [1.82, 2.24) is 0 Å². The topological polar surface area (TPSA) is 54.0 Å². The third-order valence-electron chi connectivity index (χ3n) is 5.36. The molecule has 6 heteroatoms. The van der Waals surface area contributed by atoms with Gasteiger partial charge < -0.3 is 18.0 Å². The van der Waals surface area contributed by atoms with Crippen molar-refractivity contribution < 1.29 is 22.8 Å². The molecule has 0 amide bonds. The molecule has 0 aromatic rings. The molecular formula is C22H46O5Si. The fourth-order valence-corrected chi connectivity index (χ4v) is 5.20. The second-order valence-electron chi connectivity index (χ2n) is 7.57. The number of carbonyl (C=O) groups is 1. The van der Waals surface area contributed by atoms with Gasteiger partial charge in [-0.2, -0.15) is 0 Å². The Kier molecular flexibility index (Phi) is 19.6. The van der Waals surface area contributed by atoms with Gasteiger partial charge in [-0.3, -0.25) is 4.79 Å². The molecule has 0 N–H and O–H groups in total. The second kappa shape index (κ2) is 19.9. The number of rotatable bonds is 21. The summed E-state index contributed by atoms with van der Waals surface area (Å²) in [5, 5.41) is 0. The van der Waals surface area contributed by atoms with Gasteiger partial charge in [0.15, 0.2) is 0 Å². The first kappa shape index (κ1) is 27.6. The van der Waals surface area contributed by atoms with E-state index in [1.54, 1.807) is 21.3 Å². The number of esters is 1. The zero-order chi connectivity index (χ0) is 20.9. The van der Waals surface area contributed by atoms with Crippen LogP contribution in [0.4, 0.5) is 0 Å². The van der Waals surface area contributed by atoms with E-state index in [4.69, 9.17) is 18.0 Å². The molecule has 0 atom stereocenters. The minimum absolute atomic E-state index is 0.0769. The summed E-state index contributed by atoms with van der Waals surface area (Å²) in [4.78, 5) is 11.0. The standard InChI is InChI=1S/C22H46O5Si/c1-5-22(23)27-20-18-16-14-12-10-8-6-7-9-11-13-15-17-19-21-28(24-2,25-3)26-4/h5-21H2,1-4H3. The van der Waals surface area contributed by atoms with E-state index in [2.05, 4.69) is 0 Å². The van der Waals surface area contributed by atoms with E-state index in [1.165, 1.54) is 77.0 Å².